The molecule has 2 rings (SSSR count). The summed E-state index contributed by atoms with van der Waals surface area (Å²) in [6.45, 7) is 3.84. The topological polar surface area (TPSA) is 47.2 Å². The van der Waals surface area contributed by atoms with E-state index in [9.17, 15) is 4.79 Å². The number of carbonyl (C=O) groups excluding carboxylic acids is 1. The molecule has 4 nitrogen and oxygen atoms in total. The van der Waals surface area contributed by atoms with Gasteiger partial charge in [0.1, 0.15) is 0 Å². The van der Waals surface area contributed by atoms with Crippen LogP contribution in [0.4, 0.5) is 0 Å². The zero-order chi connectivity index (χ0) is 11.7. The van der Waals surface area contributed by atoms with Gasteiger partial charge in [-0.25, -0.2) is 0 Å². The molecule has 0 aromatic carbocycles. The van der Waals surface area contributed by atoms with Crippen molar-refractivity contribution in [3.8, 4) is 0 Å². The second kappa shape index (κ2) is 4.17. The Kier molecular flexibility index (Phi) is 2.87. The van der Waals surface area contributed by atoms with Crippen LogP contribution in [0.2, 0.25) is 0 Å². The van der Waals surface area contributed by atoms with E-state index < -0.39 is 0 Å². The largest absolute Gasteiger partial charge is 0.444 e. The Morgan fingerprint density at radius 3 is 2.38 bits per heavy atom. The molecule has 0 bridgehead atoms. The molecule has 84 valence electrons. The number of aromatic nitrogens is 1. The van der Waals surface area contributed by atoms with E-state index in [2.05, 4.69) is 21.4 Å². The van der Waals surface area contributed by atoms with E-state index in [0.29, 0.717) is 4.67 Å². The van der Waals surface area contributed by atoms with Crippen molar-refractivity contribution < 1.29 is 9.21 Å². The van der Waals surface area contributed by atoms with Crippen molar-refractivity contribution in [3.63, 3.8) is 0 Å². The second-order valence-corrected chi connectivity index (χ2v) is 4.28. The number of halogens is 1. The maximum atomic E-state index is 11.8. The number of rotatable bonds is 2. The van der Waals surface area contributed by atoms with Crippen molar-refractivity contribution in [2.45, 2.75) is 13.8 Å². The van der Waals surface area contributed by atoms with Gasteiger partial charge < -0.3 is 4.42 Å². The molecule has 2 aromatic rings. The number of nitrogens with zero attached hydrogens (tertiary/aromatic N) is 1. The fraction of sp³-hybridized carbons (Fsp3) is 0.182. The van der Waals surface area contributed by atoms with E-state index in [0.717, 1.165) is 11.4 Å². The van der Waals surface area contributed by atoms with Gasteiger partial charge in [-0.3, -0.25) is 14.9 Å². The SMILES string of the molecule is Cc1ccc(C)n1NC(=O)c1ccc(Br)o1. The van der Waals surface area contributed by atoms with Gasteiger partial charge in [0.2, 0.25) is 0 Å². The lowest BCUT2D eigenvalue weighted by Gasteiger charge is -2.09. The average molecular weight is 283 g/mol. The highest BCUT2D eigenvalue weighted by Crippen LogP contribution is 2.14. The van der Waals surface area contributed by atoms with E-state index in [1.807, 2.05) is 26.0 Å². The van der Waals surface area contributed by atoms with Crippen molar-refractivity contribution in [2.75, 3.05) is 5.43 Å². The fourth-order valence-corrected chi connectivity index (χ4v) is 1.74. The summed E-state index contributed by atoms with van der Waals surface area (Å²) in [5.41, 5.74) is 4.69. The van der Waals surface area contributed by atoms with E-state index in [4.69, 9.17) is 4.42 Å². The number of amides is 1. The van der Waals surface area contributed by atoms with Gasteiger partial charge in [0.05, 0.1) is 0 Å². The first-order valence-corrected chi connectivity index (χ1v) is 5.59. The lowest BCUT2D eigenvalue weighted by atomic mass is 10.4. The van der Waals surface area contributed by atoms with Crippen molar-refractivity contribution >= 4 is 21.8 Å². The Balaban J connectivity index is 2.20. The number of aryl methyl sites for hydroxylation is 2. The van der Waals surface area contributed by atoms with Crippen molar-refractivity contribution in [3.05, 3.63) is 46.1 Å². The molecule has 0 atom stereocenters. The third-order valence-corrected chi connectivity index (χ3v) is 2.71. The molecule has 0 saturated carbocycles. The highest BCUT2D eigenvalue weighted by Gasteiger charge is 2.12. The first-order valence-electron chi connectivity index (χ1n) is 4.79. The number of hydrogen-bond donors (Lipinski definition) is 1. The molecule has 1 amide bonds. The molecule has 0 aliphatic carbocycles. The summed E-state index contributed by atoms with van der Waals surface area (Å²) in [4.78, 5) is 11.8. The monoisotopic (exact) mass is 282 g/mol. The minimum Gasteiger partial charge on any atom is -0.444 e. The van der Waals surface area contributed by atoms with Crippen LogP contribution < -0.4 is 5.43 Å². The van der Waals surface area contributed by atoms with E-state index in [1.54, 1.807) is 16.8 Å². The van der Waals surface area contributed by atoms with Crippen LogP contribution in [0.15, 0.2) is 33.4 Å². The Labute approximate surface area is 101 Å². The van der Waals surface area contributed by atoms with Gasteiger partial charge in [-0.15, -0.1) is 0 Å². The fourth-order valence-electron chi connectivity index (χ4n) is 1.44. The number of nitrogens with one attached hydrogen (secondary N) is 1. The first-order chi connectivity index (χ1) is 7.58. The standard InChI is InChI=1S/C11H11BrN2O2/c1-7-3-4-8(2)14(7)13-11(15)9-5-6-10(12)16-9/h3-6H,1-2H3,(H,13,15). The Morgan fingerprint density at radius 1 is 1.25 bits per heavy atom. The lowest BCUT2D eigenvalue weighted by Crippen LogP contribution is -2.24. The van der Waals surface area contributed by atoms with Crippen LogP contribution >= 0.6 is 15.9 Å². The van der Waals surface area contributed by atoms with Gasteiger partial charge in [-0.1, -0.05) is 0 Å². The van der Waals surface area contributed by atoms with Gasteiger partial charge >= 0.3 is 5.91 Å². The summed E-state index contributed by atoms with van der Waals surface area (Å²) in [5, 5.41) is 0. The van der Waals surface area contributed by atoms with Crippen LogP contribution in [0.1, 0.15) is 21.9 Å². The minimum atomic E-state index is -0.270. The first kappa shape index (κ1) is 11.0. The van der Waals surface area contributed by atoms with Gasteiger partial charge in [-0.05, 0) is 54.0 Å². The molecule has 0 unspecified atom stereocenters. The predicted molar refractivity (Wildman–Crippen MR) is 64.0 cm³/mol. The molecular weight excluding hydrogens is 272 g/mol. The van der Waals surface area contributed by atoms with E-state index >= 15 is 0 Å². The van der Waals surface area contributed by atoms with Crippen LogP contribution in [-0.4, -0.2) is 10.6 Å². The summed E-state index contributed by atoms with van der Waals surface area (Å²) in [5.74, 6) is 0.00692. The maximum absolute atomic E-state index is 11.8. The minimum absolute atomic E-state index is 0.270. The van der Waals surface area contributed by atoms with E-state index in [1.165, 1.54) is 0 Å². The van der Waals surface area contributed by atoms with Crippen LogP contribution in [0.25, 0.3) is 0 Å². The normalized spacial score (nSPS) is 10.4. The predicted octanol–water partition coefficient (Wildman–Crippen LogP) is 2.84. The molecule has 0 aliphatic rings. The van der Waals surface area contributed by atoms with Gasteiger partial charge in [0.15, 0.2) is 10.4 Å². The van der Waals surface area contributed by atoms with Crippen LogP contribution in [0.3, 0.4) is 0 Å². The average Bonchev–Trinajstić information content (AvgIpc) is 2.79. The summed E-state index contributed by atoms with van der Waals surface area (Å²) < 4.78 is 7.43. The molecular formula is C11H11BrN2O2. The zero-order valence-electron chi connectivity index (χ0n) is 8.95. The van der Waals surface area contributed by atoms with Crippen LogP contribution in [-0.2, 0) is 0 Å². The molecule has 16 heavy (non-hydrogen) atoms. The summed E-state index contributed by atoms with van der Waals surface area (Å²) in [6.07, 6.45) is 0. The van der Waals surface area contributed by atoms with Crippen LogP contribution in [0.5, 0.6) is 0 Å². The summed E-state index contributed by atoms with van der Waals surface area (Å²) >= 11 is 3.15. The molecule has 0 saturated heterocycles. The number of hydrogen-bond acceptors (Lipinski definition) is 2. The van der Waals surface area contributed by atoms with Crippen molar-refractivity contribution in [1.29, 1.82) is 0 Å². The number of furan rings is 1. The van der Waals surface area contributed by atoms with Gasteiger partial charge in [0.25, 0.3) is 0 Å². The molecule has 5 heteroatoms. The third-order valence-electron chi connectivity index (χ3n) is 2.28. The van der Waals surface area contributed by atoms with Crippen molar-refractivity contribution in [2.24, 2.45) is 0 Å². The zero-order valence-corrected chi connectivity index (χ0v) is 10.5. The summed E-state index contributed by atoms with van der Waals surface area (Å²) in [7, 11) is 0. The number of carbonyl (C=O) groups is 1. The molecule has 2 heterocycles. The van der Waals surface area contributed by atoms with Gasteiger partial charge in [-0.2, -0.15) is 0 Å². The molecule has 0 radical (unpaired) electrons. The molecule has 1 N–H and O–H groups in total. The Morgan fingerprint density at radius 2 is 1.88 bits per heavy atom. The Hall–Kier alpha value is -1.49. The highest BCUT2D eigenvalue weighted by atomic mass is 79.9. The molecule has 0 spiro atoms. The molecule has 2 aromatic heterocycles. The summed E-state index contributed by atoms with van der Waals surface area (Å²) in [6, 6.07) is 7.18. The quantitative estimate of drug-likeness (QED) is 0.921. The third kappa shape index (κ3) is 2.04. The van der Waals surface area contributed by atoms with Gasteiger partial charge in [0, 0.05) is 11.4 Å². The van der Waals surface area contributed by atoms with Crippen LogP contribution in [0, 0.1) is 13.8 Å². The Bertz CT molecular complexity index is 508. The highest BCUT2D eigenvalue weighted by molar-refractivity contribution is 9.10. The van der Waals surface area contributed by atoms with Crippen molar-refractivity contribution in [1.82, 2.24) is 4.68 Å². The lowest BCUT2D eigenvalue weighted by molar-refractivity contribution is 0.0979. The smallest absolute Gasteiger partial charge is 0.305 e. The molecule has 0 fully saturated rings. The van der Waals surface area contributed by atoms with E-state index in [-0.39, 0.29) is 11.7 Å². The second-order valence-electron chi connectivity index (χ2n) is 3.50. The molecule has 0 aliphatic heterocycles. The maximum Gasteiger partial charge on any atom is 0.305 e.